The van der Waals surface area contributed by atoms with Crippen LogP contribution in [0.5, 0.6) is 0 Å². The molecule has 116 valence electrons. The van der Waals surface area contributed by atoms with E-state index in [1.807, 2.05) is 6.07 Å². The van der Waals surface area contributed by atoms with Crippen LogP contribution in [-0.2, 0) is 21.9 Å². The second-order valence-electron chi connectivity index (χ2n) is 6.06. The van der Waals surface area contributed by atoms with Crippen molar-refractivity contribution in [3.05, 3.63) is 27.1 Å². The molecule has 0 fully saturated rings. The van der Waals surface area contributed by atoms with Crippen LogP contribution >= 0.6 is 11.3 Å². The number of hydrogen-bond acceptors (Lipinski definition) is 5. The van der Waals surface area contributed by atoms with E-state index in [4.69, 9.17) is 5.14 Å². The number of rotatable bonds is 4. The molecule has 0 aliphatic heterocycles. The molecule has 0 saturated heterocycles. The number of aromatic nitrogens is 2. The number of nitrogens with one attached hydrogen (secondary N) is 1. The molecule has 0 amide bonds. The van der Waals surface area contributed by atoms with Gasteiger partial charge in [0.1, 0.15) is 10.7 Å². The monoisotopic (exact) mass is 329 g/mol. The molecule has 2 heterocycles. The lowest BCUT2D eigenvalue weighted by atomic mass is 9.94. The van der Waals surface area contributed by atoms with Gasteiger partial charge >= 0.3 is 0 Å². The first-order valence-electron chi connectivity index (χ1n) is 6.60. The fourth-order valence-electron chi connectivity index (χ4n) is 1.90. The van der Waals surface area contributed by atoms with Crippen LogP contribution < -0.4 is 10.7 Å². The standard InChI is InChI=1S/C13H19N3O3S2/c1-13(2,3)9-7-8-11(17)15-10(16-12(8)20-9)5-4-6-21(14,18)19/h7H,4-6H2,1-3H3,(H2,14,18,19)(H,15,16,17). The van der Waals surface area contributed by atoms with E-state index in [2.05, 4.69) is 30.7 Å². The fraction of sp³-hybridized carbons (Fsp3) is 0.538. The summed E-state index contributed by atoms with van der Waals surface area (Å²) in [5.74, 6) is 0.380. The van der Waals surface area contributed by atoms with Crippen LogP contribution in [0.2, 0.25) is 0 Å². The fourth-order valence-corrected chi connectivity index (χ4v) is 3.56. The van der Waals surface area contributed by atoms with E-state index in [1.54, 1.807) is 0 Å². The van der Waals surface area contributed by atoms with Crippen molar-refractivity contribution in [1.29, 1.82) is 0 Å². The molecule has 0 aliphatic carbocycles. The molecule has 6 nitrogen and oxygen atoms in total. The van der Waals surface area contributed by atoms with Gasteiger partial charge in [-0.3, -0.25) is 4.79 Å². The minimum absolute atomic E-state index is 0.0361. The molecular formula is C13H19N3O3S2. The van der Waals surface area contributed by atoms with Gasteiger partial charge < -0.3 is 4.98 Å². The van der Waals surface area contributed by atoms with Crippen LogP contribution in [0.1, 0.15) is 37.9 Å². The van der Waals surface area contributed by atoms with Gasteiger partial charge in [0.2, 0.25) is 10.0 Å². The maximum absolute atomic E-state index is 12.1. The Bertz CT molecular complexity index is 813. The number of sulfonamides is 1. The lowest BCUT2D eigenvalue weighted by Crippen LogP contribution is -2.18. The van der Waals surface area contributed by atoms with Gasteiger partial charge in [0.15, 0.2) is 0 Å². The zero-order chi connectivity index (χ0) is 15.8. The Labute approximate surface area is 127 Å². The summed E-state index contributed by atoms with van der Waals surface area (Å²) in [6.07, 6.45) is 0.717. The summed E-state index contributed by atoms with van der Waals surface area (Å²) in [6.45, 7) is 6.25. The highest BCUT2D eigenvalue weighted by Crippen LogP contribution is 2.31. The van der Waals surface area contributed by atoms with Gasteiger partial charge in [0.25, 0.3) is 5.56 Å². The normalized spacial score (nSPS) is 13.0. The molecule has 8 heteroatoms. The summed E-state index contributed by atoms with van der Waals surface area (Å²) in [5, 5.41) is 5.54. The number of primary sulfonamides is 1. The van der Waals surface area contributed by atoms with Crippen molar-refractivity contribution in [2.75, 3.05) is 5.75 Å². The van der Waals surface area contributed by atoms with Crippen molar-refractivity contribution in [2.24, 2.45) is 5.14 Å². The lowest BCUT2D eigenvalue weighted by molar-refractivity contribution is 0.594. The summed E-state index contributed by atoms with van der Waals surface area (Å²) >= 11 is 1.50. The topological polar surface area (TPSA) is 106 Å². The van der Waals surface area contributed by atoms with Crippen molar-refractivity contribution < 1.29 is 8.42 Å². The first-order valence-corrected chi connectivity index (χ1v) is 9.13. The third-order valence-corrected chi connectivity index (χ3v) is 5.35. The Morgan fingerprint density at radius 2 is 2.05 bits per heavy atom. The van der Waals surface area contributed by atoms with Crippen LogP contribution in [-0.4, -0.2) is 24.1 Å². The maximum atomic E-state index is 12.1. The van der Waals surface area contributed by atoms with Crippen LogP contribution in [0, 0.1) is 0 Å². The largest absolute Gasteiger partial charge is 0.310 e. The van der Waals surface area contributed by atoms with Crippen molar-refractivity contribution in [3.63, 3.8) is 0 Å². The molecular weight excluding hydrogens is 310 g/mol. The Kier molecular flexibility index (Phi) is 4.23. The van der Waals surface area contributed by atoms with E-state index >= 15 is 0 Å². The number of fused-ring (bicyclic) bond motifs is 1. The molecule has 0 spiro atoms. The van der Waals surface area contributed by atoms with Gasteiger partial charge in [-0.1, -0.05) is 20.8 Å². The Morgan fingerprint density at radius 3 is 2.62 bits per heavy atom. The summed E-state index contributed by atoms with van der Waals surface area (Å²) in [6, 6.07) is 1.87. The summed E-state index contributed by atoms with van der Waals surface area (Å²) in [5.41, 5.74) is -0.219. The van der Waals surface area contributed by atoms with Crippen LogP contribution in [0.4, 0.5) is 0 Å². The molecule has 0 bridgehead atoms. The highest BCUT2D eigenvalue weighted by atomic mass is 32.2. The predicted molar refractivity (Wildman–Crippen MR) is 85.2 cm³/mol. The molecule has 3 N–H and O–H groups in total. The number of nitrogens with zero attached hydrogens (tertiary/aromatic N) is 1. The lowest BCUT2D eigenvalue weighted by Gasteiger charge is -2.14. The number of aromatic amines is 1. The van der Waals surface area contributed by atoms with Gasteiger partial charge in [-0.25, -0.2) is 18.5 Å². The van der Waals surface area contributed by atoms with Crippen molar-refractivity contribution in [1.82, 2.24) is 9.97 Å². The molecule has 0 radical (unpaired) electrons. The second-order valence-corrected chi connectivity index (χ2v) is 8.83. The summed E-state index contributed by atoms with van der Waals surface area (Å²) < 4.78 is 21.8. The highest BCUT2D eigenvalue weighted by molar-refractivity contribution is 7.89. The van der Waals surface area contributed by atoms with E-state index in [1.165, 1.54) is 11.3 Å². The first kappa shape index (κ1) is 16.1. The van der Waals surface area contributed by atoms with E-state index < -0.39 is 10.0 Å². The maximum Gasteiger partial charge on any atom is 0.259 e. The molecule has 0 saturated carbocycles. The third-order valence-electron chi connectivity index (χ3n) is 3.03. The van der Waals surface area contributed by atoms with Crippen molar-refractivity contribution >= 4 is 31.6 Å². The Balaban J connectivity index is 2.30. The molecule has 2 aromatic rings. The van der Waals surface area contributed by atoms with Gasteiger partial charge in [-0.05, 0) is 17.9 Å². The zero-order valence-electron chi connectivity index (χ0n) is 12.3. The predicted octanol–water partition coefficient (Wildman–Crippen LogP) is 1.50. The molecule has 21 heavy (non-hydrogen) atoms. The van der Waals surface area contributed by atoms with E-state index in [0.29, 0.717) is 28.9 Å². The average Bonchev–Trinajstić information content (AvgIpc) is 2.71. The van der Waals surface area contributed by atoms with E-state index in [-0.39, 0.29) is 16.7 Å². The smallest absolute Gasteiger partial charge is 0.259 e. The average molecular weight is 329 g/mol. The SMILES string of the molecule is CC(C)(C)c1cc2c(=O)[nH]c(CCCS(N)(=O)=O)nc2s1. The Morgan fingerprint density at radius 1 is 1.38 bits per heavy atom. The molecule has 2 aromatic heterocycles. The number of thiophene rings is 1. The minimum atomic E-state index is -3.48. The number of nitrogens with two attached hydrogens (primary N) is 1. The molecule has 0 aromatic carbocycles. The van der Waals surface area contributed by atoms with Gasteiger partial charge in [0.05, 0.1) is 11.1 Å². The van der Waals surface area contributed by atoms with Crippen LogP contribution in [0.15, 0.2) is 10.9 Å². The first-order chi connectivity index (χ1) is 9.56. The third kappa shape index (κ3) is 4.12. The Hall–Kier alpha value is -1.25. The molecule has 2 rings (SSSR count). The molecule has 0 aliphatic rings. The minimum Gasteiger partial charge on any atom is -0.310 e. The quantitative estimate of drug-likeness (QED) is 0.886. The number of aryl methyl sites for hydroxylation is 1. The van der Waals surface area contributed by atoms with E-state index in [9.17, 15) is 13.2 Å². The van der Waals surface area contributed by atoms with E-state index in [0.717, 1.165) is 4.88 Å². The van der Waals surface area contributed by atoms with Gasteiger partial charge in [0, 0.05) is 11.3 Å². The van der Waals surface area contributed by atoms with Gasteiger partial charge in [-0.15, -0.1) is 11.3 Å². The number of hydrogen-bond donors (Lipinski definition) is 2. The van der Waals surface area contributed by atoms with Gasteiger partial charge in [-0.2, -0.15) is 0 Å². The zero-order valence-corrected chi connectivity index (χ0v) is 13.9. The second kappa shape index (κ2) is 5.51. The van der Waals surface area contributed by atoms with Crippen LogP contribution in [0.3, 0.4) is 0 Å². The molecule has 0 unspecified atom stereocenters. The summed E-state index contributed by atoms with van der Waals surface area (Å²) in [4.78, 5) is 21.0. The highest BCUT2D eigenvalue weighted by Gasteiger charge is 2.19. The van der Waals surface area contributed by atoms with Crippen molar-refractivity contribution in [2.45, 2.75) is 39.0 Å². The summed E-state index contributed by atoms with van der Waals surface area (Å²) in [7, 11) is -3.48. The number of H-pyrrole nitrogens is 1. The molecule has 0 atom stereocenters. The van der Waals surface area contributed by atoms with Crippen LogP contribution in [0.25, 0.3) is 10.2 Å². The van der Waals surface area contributed by atoms with Crippen molar-refractivity contribution in [3.8, 4) is 0 Å².